The van der Waals surface area contributed by atoms with Crippen molar-refractivity contribution in [3.63, 3.8) is 0 Å². The standard InChI is InChI=1S/C34H24N4/c1-23-5-4-7-27(19-23)24-9-11-25(12-10-24)28-15-18-33-34(21-28)37-38(36-33)31-16-13-26(14-17-31)30-20-29-6-2-3-8-32(29)35-22-30/h2-22H,1H3. The second kappa shape index (κ2) is 9.09. The van der Waals surface area contributed by atoms with Gasteiger partial charge in [0.2, 0.25) is 0 Å². The Hall–Kier alpha value is -5.09. The minimum absolute atomic E-state index is 0.868. The molecule has 0 aliphatic heterocycles. The zero-order valence-corrected chi connectivity index (χ0v) is 20.9. The predicted octanol–water partition coefficient (Wildman–Crippen LogP) is 8.28. The number of aromatic nitrogens is 4. The minimum Gasteiger partial charge on any atom is -0.256 e. The number of nitrogens with zero attached hydrogens (tertiary/aromatic N) is 4. The van der Waals surface area contributed by atoms with E-state index in [9.17, 15) is 0 Å². The van der Waals surface area contributed by atoms with Gasteiger partial charge in [-0.3, -0.25) is 4.98 Å². The number of fused-ring (bicyclic) bond motifs is 2. The molecular weight excluding hydrogens is 464 g/mol. The molecule has 0 N–H and O–H groups in total. The van der Waals surface area contributed by atoms with Crippen molar-refractivity contribution >= 4 is 21.9 Å². The molecule has 0 amide bonds. The quantitative estimate of drug-likeness (QED) is 0.250. The molecule has 7 aromatic rings. The largest absolute Gasteiger partial charge is 0.256 e. The summed E-state index contributed by atoms with van der Waals surface area (Å²) in [5.74, 6) is 0. The molecule has 7 rings (SSSR count). The first-order chi connectivity index (χ1) is 18.7. The molecule has 0 saturated carbocycles. The van der Waals surface area contributed by atoms with E-state index < -0.39 is 0 Å². The second-order valence-electron chi connectivity index (χ2n) is 9.60. The van der Waals surface area contributed by atoms with E-state index in [2.05, 4.69) is 96.8 Å². The molecule has 0 unspecified atom stereocenters. The monoisotopic (exact) mass is 488 g/mol. The maximum Gasteiger partial charge on any atom is 0.114 e. The maximum atomic E-state index is 4.78. The van der Waals surface area contributed by atoms with E-state index in [1.807, 2.05) is 42.6 Å². The molecule has 0 atom stereocenters. The van der Waals surface area contributed by atoms with Crippen molar-refractivity contribution in [3.8, 4) is 39.1 Å². The summed E-state index contributed by atoms with van der Waals surface area (Å²) >= 11 is 0. The van der Waals surface area contributed by atoms with Crippen LogP contribution in [0.3, 0.4) is 0 Å². The molecule has 5 aromatic carbocycles. The van der Waals surface area contributed by atoms with E-state index in [0.29, 0.717) is 0 Å². The Balaban J connectivity index is 1.15. The summed E-state index contributed by atoms with van der Waals surface area (Å²) in [7, 11) is 0. The molecule has 0 spiro atoms. The first-order valence-electron chi connectivity index (χ1n) is 12.7. The fraction of sp³-hybridized carbons (Fsp3) is 0.0294. The van der Waals surface area contributed by atoms with Gasteiger partial charge >= 0.3 is 0 Å². The van der Waals surface area contributed by atoms with E-state index in [1.54, 1.807) is 4.80 Å². The molecule has 0 aliphatic carbocycles. The van der Waals surface area contributed by atoms with Crippen LogP contribution < -0.4 is 0 Å². The number of hydrogen-bond acceptors (Lipinski definition) is 3. The number of hydrogen-bond donors (Lipinski definition) is 0. The summed E-state index contributed by atoms with van der Waals surface area (Å²) < 4.78 is 0. The minimum atomic E-state index is 0.868. The van der Waals surface area contributed by atoms with Gasteiger partial charge in [0.1, 0.15) is 11.0 Å². The van der Waals surface area contributed by atoms with Crippen LogP contribution in [-0.4, -0.2) is 20.0 Å². The van der Waals surface area contributed by atoms with Crippen molar-refractivity contribution in [2.45, 2.75) is 6.92 Å². The van der Waals surface area contributed by atoms with Gasteiger partial charge in [-0.1, -0.05) is 90.5 Å². The third-order valence-corrected chi connectivity index (χ3v) is 6.97. The van der Waals surface area contributed by atoms with Crippen LogP contribution >= 0.6 is 0 Å². The highest BCUT2D eigenvalue weighted by Crippen LogP contribution is 2.28. The van der Waals surface area contributed by atoms with Gasteiger partial charge in [-0.25, -0.2) is 0 Å². The molecule has 0 radical (unpaired) electrons. The van der Waals surface area contributed by atoms with Crippen molar-refractivity contribution < 1.29 is 0 Å². The summed E-state index contributed by atoms with van der Waals surface area (Å²) in [6.07, 6.45) is 1.92. The third-order valence-electron chi connectivity index (χ3n) is 6.97. The van der Waals surface area contributed by atoms with Crippen molar-refractivity contribution in [2.24, 2.45) is 0 Å². The molecule has 2 heterocycles. The Bertz CT molecular complexity index is 1920. The summed E-state index contributed by atoms with van der Waals surface area (Å²) in [6.45, 7) is 2.12. The van der Waals surface area contributed by atoms with E-state index in [4.69, 9.17) is 10.2 Å². The zero-order valence-electron chi connectivity index (χ0n) is 20.9. The molecule has 180 valence electrons. The number of pyridine rings is 1. The molecule has 0 saturated heterocycles. The van der Waals surface area contributed by atoms with E-state index in [-0.39, 0.29) is 0 Å². The lowest BCUT2D eigenvalue weighted by molar-refractivity contribution is 0.766. The molecule has 4 heteroatoms. The van der Waals surface area contributed by atoms with Gasteiger partial charge in [0.25, 0.3) is 0 Å². The van der Waals surface area contributed by atoms with Crippen molar-refractivity contribution in [1.29, 1.82) is 0 Å². The Morgan fingerprint density at radius 1 is 0.474 bits per heavy atom. The summed E-state index contributed by atoms with van der Waals surface area (Å²) in [4.78, 5) is 6.30. The number of aryl methyl sites for hydroxylation is 1. The molecule has 0 aliphatic rings. The van der Waals surface area contributed by atoms with Crippen LogP contribution in [0.2, 0.25) is 0 Å². The van der Waals surface area contributed by atoms with Crippen LogP contribution in [0.1, 0.15) is 5.56 Å². The summed E-state index contributed by atoms with van der Waals surface area (Å²) in [5, 5.41) is 10.6. The SMILES string of the molecule is Cc1cccc(-c2ccc(-c3ccc4nn(-c5ccc(-c6cnc7ccccc7c6)cc5)nc4c3)cc2)c1. The third kappa shape index (κ3) is 4.12. The molecule has 2 aromatic heterocycles. The van der Waals surface area contributed by atoms with Crippen LogP contribution in [0, 0.1) is 6.92 Å². The maximum absolute atomic E-state index is 4.78. The number of rotatable bonds is 4. The fourth-order valence-electron chi connectivity index (χ4n) is 4.91. The average Bonchev–Trinajstić information content (AvgIpc) is 3.41. The van der Waals surface area contributed by atoms with Crippen molar-refractivity contribution in [1.82, 2.24) is 20.0 Å². The van der Waals surface area contributed by atoms with Gasteiger partial charge < -0.3 is 0 Å². The first kappa shape index (κ1) is 22.1. The van der Waals surface area contributed by atoms with Crippen LogP contribution in [0.15, 0.2) is 128 Å². The van der Waals surface area contributed by atoms with Crippen LogP contribution in [0.25, 0.3) is 61.0 Å². The second-order valence-corrected chi connectivity index (χ2v) is 9.60. The molecule has 4 nitrogen and oxygen atoms in total. The lowest BCUT2D eigenvalue weighted by Gasteiger charge is -2.06. The summed E-state index contributed by atoms with van der Waals surface area (Å²) in [6, 6.07) is 42.2. The number of para-hydroxylation sites is 1. The van der Waals surface area contributed by atoms with Crippen LogP contribution in [-0.2, 0) is 0 Å². The van der Waals surface area contributed by atoms with Crippen LogP contribution in [0.5, 0.6) is 0 Å². The smallest absolute Gasteiger partial charge is 0.114 e. The summed E-state index contributed by atoms with van der Waals surface area (Å²) in [5.41, 5.74) is 11.9. The Morgan fingerprint density at radius 2 is 1.13 bits per heavy atom. The molecule has 38 heavy (non-hydrogen) atoms. The van der Waals surface area contributed by atoms with Crippen molar-refractivity contribution in [2.75, 3.05) is 0 Å². The predicted molar refractivity (Wildman–Crippen MR) is 155 cm³/mol. The lowest BCUT2D eigenvalue weighted by Crippen LogP contribution is -1.98. The van der Waals surface area contributed by atoms with Gasteiger partial charge in [-0.2, -0.15) is 4.80 Å². The van der Waals surface area contributed by atoms with Gasteiger partial charge in [0.05, 0.1) is 11.2 Å². The van der Waals surface area contributed by atoms with Gasteiger partial charge in [0, 0.05) is 17.1 Å². The van der Waals surface area contributed by atoms with Gasteiger partial charge in [-0.15, -0.1) is 10.2 Å². The highest BCUT2D eigenvalue weighted by atomic mass is 15.5. The van der Waals surface area contributed by atoms with Gasteiger partial charge in [0.15, 0.2) is 0 Å². The Morgan fingerprint density at radius 3 is 1.92 bits per heavy atom. The lowest BCUT2D eigenvalue weighted by atomic mass is 9.99. The zero-order chi connectivity index (χ0) is 25.5. The first-order valence-corrected chi connectivity index (χ1v) is 12.7. The highest BCUT2D eigenvalue weighted by Gasteiger charge is 2.09. The Kier molecular flexibility index (Phi) is 5.30. The average molecular weight is 489 g/mol. The molecule has 0 fully saturated rings. The van der Waals surface area contributed by atoms with Crippen molar-refractivity contribution in [3.05, 3.63) is 133 Å². The van der Waals surface area contributed by atoms with E-state index in [1.165, 1.54) is 16.7 Å². The Labute approximate surface area is 220 Å². The van der Waals surface area contributed by atoms with Crippen LogP contribution in [0.4, 0.5) is 0 Å². The fourth-order valence-corrected chi connectivity index (χ4v) is 4.91. The number of benzene rings is 5. The molecule has 0 bridgehead atoms. The molecular formula is C34H24N4. The van der Waals surface area contributed by atoms with Gasteiger partial charge in [-0.05, 0) is 71.1 Å². The normalized spacial score (nSPS) is 11.3. The topological polar surface area (TPSA) is 43.6 Å². The highest BCUT2D eigenvalue weighted by molar-refractivity contribution is 5.84. The van der Waals surface area contributed by atoms with E-state index >= 15 is 0 Å². The van der Waals surface area contributed by atoms with E-state index in [0.717, 1.165) is 49.9 Å².